The van der Waals surface area contributed by atoms with E-state index in [-0.39, 0.29) is 18.2 Å². The summed E-state index contributed by atoms with van der Waals surface area (Å²) in [7, 11) is 0. The molecule has 3 N–H and O–H groups in total. The zero-order valence-electron chi connectivity index (χ0n) is 19.5. The second-order valence-electron chi connectivity index (χ2n) is 9.04. The Labute approximate surface area is 201 Å². The molecule has 9 heteroatoms. The predicted molar refractivity (Wildman–Crippen MR) is 133 cm³/mol. The Balaban J connectivity index is 1.66. The predicted octanol–water partition coefficient (Wildman–Crippen LogP) is 4.27. The van der Waals surface area contributed by atoms with E-state index in [1.54, 1.807) is 16.8 Å². The molecule has 4 aromatic rings. The van der Waals surface area contributed by atoms with Crippen LogP contribution in [0, 0.1) is 6.92 Å². The maximum atomic E-state index is 13.2. The minimum absolute atomic E-state index is 0.202. The van der Waals surface area contributed by atoms with E-state index in [2.05, 4.69) is 20.7 Å². The Morgan fingerprint density at radius 3 is 2.35 bits per heavy atom. The summed E-state index contributed by atoms with van der Waals surface area (Å²) in [6.45, 7) is 7.60. The third-order valence-electron chi connectivity index (χ3n) is 5.30. The lowest BCUT2D eigenvalue weighted by atomic mass is 10.1. The van der Waals surface area contributed by atoms with Crippen LogP contribution in [-0.2, 0) is 5.54 Å². The van der Waals surface area contributed by atoms with Crippen molar-refractivity contribution >= 4 is 38.6 Å². The average Bonchev–Trinajstić information content (AvgIpc) is 3.36. The van der Waals surface area contributed by atoms with Gasteiger partial charge in [-0.25, -0.2) is 4.68 Å². The van der Waals surface area contributed by atoms with E-state index < -0.39 is 17.5 Å². The molecule has 0 saturated carbocycles. The Kier molecular flexibility index (Phi) is 6.49. The number of benzene rings is 2. The van der Waals surface area contributed by atoms with E-state index in [1.165, 1.54) is 11.3 Å². The monoisotopic (exact) mass is 477 g/mol. The van der Waals surface area contributed by atoms with Gasteiger partial charge in [0.2, 0.25) is 0 Å². The van der Waals surface area contributed by atoms with Gasteiger partial charge in [0.05, 0.1) is 18.2 Å². The molecule has 0 unspecified atom stereocenters. The number of aliphatic hydroxyl groups is 1. The molecule has 0 fully saturated rings. The number of nitrogens with one attached hydrogen (secondary N) is 2. The summed E-state index contributed by atoms with van der Waals surface area (Å²) < 4.78 is 2.25. The number of thiazole rings is 1. The van der Waals surface area contributed by atoms with E-state index in [0.29, 0.717) is 21.0 Å². The van der Waals surface area contributed by atoms with Gasteiger partial charge in [-0.3, -0.25) is 14.9 Å². The third-order valence-corrected chi connectivity index (χ3v) is 6.27. The molecule has 0 saturated heterocycles. The van der Waals surface area contributed by atoms with Crippen LogP contribution >= 0.6 is 11.3 Å². The van der Waals surface area contributed by atoms with E-state index >= 15 is 0 Å². The molecular formula is C25H27N5O3S. The number of carbonyl (C=O) groups is 2. The van der Waals surface area contributed by atoms with Gasteiger partial charge in [0.1, 0.15) is 4.70 Å². The normalized spacial score (nSPS) is 12.5. The Morgan fingerprint density at radius 1 is 1.06 bits per heavy atom. The van der Waals surface area contributed by atoms with Crippen molar-refractivity contribution in [2.45, 2.75) is 39.3 Å². The van der Waals surface area contributed by atoms with Crippen molar-refractivity contribution < 1.29 is 14.7 Å². The van der Waals surface area contributed by atoms with E-state index in [9.17, 15) is 14.7 Å². The molecule has 0 bridgehead atoms. The molecule has 2 aromatic heterocycles. The molecule has 2 amide bonds. The molecule has 0 aliphatic carbocycles. The third kappa shape index (κ3) is 4.85. The van der Waals surface area contributed by atoms with Crippen LogP contribution in [0.5, 0.6) is 0 Å². The molecule has 0 aliphatic heterocycles. The minimum atomic E-state index is -0.572. The zero-order chi connectivity index (χ0) is 24.5. The van der Waals surface area contributed by atoms with Gasteiger partial charge in [-0.2, -0.15) is 10.1 Å². The first-order chi connectivity index (χ1) is 16.2. The molecule has 2 heterocycles. The molecule has 0 aliphatic rings. The van der Waals surface area contributed by atoms with Gasteiger partial charge in [-0.05, 0) is 45.4 Å². The van der Waals surface area contributed by atoms with Gasteiger partial charge in [-0.15, -0.1) is 0 Å². The van der Waals surface area contributed by atoms with Gasteiger partial charge in [0.25, 0.3) is 11.8 Å². The lowest BCUT2D eigenvalue weighted by Crippen LogP contribution is -2.31. The second kappa shape index (κ2) is 9.36. The Morgan fingerprint density at radius 2 is 1.74 bits per heavy atom. The number of amides is 2. The first kappa shape index (κ1) is 23.6. The van der Waals surface area contributed by atoms with Crippen molar-refractivity contribution in [2.75, 3.05) is 11.9 Å². The van der Waals surface area contributed by atoms with Crippen LogP contribution in [-0.4, -0.2) is 38.3 Å². The van der Waals surface area contributed by atoms with E-state index in [1.807, 2.05) is 70.2 Å². The van der Waals surface area contributed by atoms with Crippen LogP contribution in [0.4, 0.5) is 5.13 Å². The highest BCUT2D eigenvalue weighted by Gasteiger charge is 2.28. The summed E-state index contributed by atoms with van der Waals surface area (Å²) in [5, 5.41) is 20.5. The Hall–Kier alpha value is -3.56. The Bertz CT molecular complexity index is 1320. The summed E-state index contributed by atoms with van der Waals surface area (Å²) in [5.74, 6) is -0.696. The summed E-state index contributed by atoms with van der Waals surface area (Å²) >= 11 is 1.20. The van der Waals surface area contributed by atoms with Crippen molar-refractivity contribution in [1.82, 2.24) is 20.1 Å². The molecule has 4 rings (SSSR count). The smallest absolute Gasteiger partial charge is 0.273 e. The van der Waals surface area contributed by atoms with Crippen LogP contribution in [0.1, 0.15) is 58.8 Å². The van der Waals surface area contributed by atoms with E-state index in [4.69, 9.17) is 0 Å². The maximum Gasteiger partial charge on any atom is 0.273 e. The number of aliphatic hydroxyl groups excluding tert-OH is 1. The summed E-state index contributed by atoms with van der Waals surface area (Å²) in [4.78, 5) is 30.5. The molecule has 176 valence electrons. The quantitative estimate of drug-likeness (QED) is 0.384. The highest BCUT2D eigenvalue weighted by molar-refractivity contribution is 7.22. The van der Waals surface area contributed by atoms with Gasteiger partial charge >= 0.3 is 0 Å². The zero-order valence-corrected chi connectivity index (χ0v) is 20.3. The standard InChI is InChI=1S/C25H27N5O3S/c1-15-10-12-17(13-11-15)22(32)28-24-27-21-20(34-24)19(29-30(21)25(2,3)4)23(33)26-18(14-31)16-8-6-5-7-9-16/h5-13,18,31H,14H2,1-4H3,(H,26,33)(H,27,28,32)/t18-/m1/s1. The number of hydrogen-bond acceptors (Lipinski definition) is 6. The number of nitrogens with zero attached hydrogens (tertiary/aromatic N) is 3. The number of anilines is 1. The molecule has 34 heavy (non-hydrogen) atoms. The first-order valence-corrected chi connectivity index (χ1v) is 11.7. The summed E-state index contributed by atoms with van der Waals surface area (Å²) in [6, 6.07) is 15.9. The van der Waals surface area contributed by atoms with Crippen molar-refractivity contribution in [3.05, 3.63) is 77.0 Å². The van der Waals surface area contributed by atoms with Crippen molar-refractivity contribution in [3.8, 4) is 0 Å². The molecule has 2 aromatic carbocycles. The maximum absolute atomic E-state index is 13.2. The second-order valence-corrected chi connectivity index (χ2v) is 10.0. The topological polar surface area (TPSA) is 109 Å². The van der Waals surface area contributed by atoms with Gasteiger partial charge in [-0.1, -0.05) is 59.4 Å². The van der Waals surface area contributed by atoms with Gasteiger partial charge in [0.15, 0.2) is 16.5 Å². The highest BCUT2D eigenvalue weighted by atomic mass is 32.1. The largest absolute Gasteiger partial charge is 0.394 e. The van der Waals surface area contributed by atoms with Crippen LogP contribution in [0.2, 0.25) is 0 Å². The number of aromatic nitrogens is 3. The summed E-state index contributed by atoms with van der Waals surface area (Å²) in [5.41, 5.74) is 2.65. The lowest BCUT2D eigenvalue weighted by Gasteiger charge is -2.19. The number of fused-ring (bicyclic) bond motifs is 1. The molecular weight excluding hydrogens is 450 g/mol. The molecule has 1 atom stereocenters. The van der Waals surface area contributed by atoms with Gasteiger partial charge < -0.3 is 10.4 Å². The van der Waals surface area contributed by atoms with Crippen molar-refractivity contribution in [1.29, 1.82) is 0 Å². The fraction of sp³-hybridized carbons (Fsp3) is 0.280. The SMILES string of the molecule is Cc1ccc(C(=O)Nc2nc3c(s2)c(C(=O)N[C@H](CO)c2ccccc2)nn3C(C)(C)C)cc1. The fourth-order valence-corrected chi connectivity index (χ4v) is 4.42. The molecule has 0 spiro atoms. The first-order valence-electron chi connectivity index (χ1n) is 10.9. The minimum Gasteiger partial charge on any atom is -0.394 e. The molecule has 0 radical (unpaired) electrons. The van der Waals surface area contributed by atoms with Crippen LogP contribution in [0.15, 0.2) is 54.6 Å². The summed E-state index contributed by atoms with van der Waals surface area (Å²) in [6.07, 6.45) is 0. The highest BCUT2D eigenvalue weighted by Crippen LogP contribution is 2.32. The van der Waals surface area contributed by atoms with Crippen LogP contribution in [0.25, 0.3) is 10.3 Å². The van der Waals surface area contributed by atoms with Crippen molar-refractivity contribution in [2.24, 2.45) is 0 Å². The van der Waals surface area contributed by atoms with Gasteiger partial charge in [0, 0.05) is 5.56 Å². The number of rotatable bonds is 6. The number of aryl methyl sites for hydroxylation is 1. The van der Waals surface area contributed by atoms with E-state index in [0.717, 1.165) is 11.1 Å². The fourth-order valence-electron chi connectivity index (χ4n) is 3.49. The van der Waals surface area contributed by atoms with Crippen LogP contribution < -0.4 is 10.6 Å². The molecule has 8 nitrogen and oxygen atoms in total. The number of carbonyl (C=O) groups excluding carboxylic acids is 2. The lowest BCUT2D eigenvalue weighted by molar-refractivity contribution is 0.0910. The average molecular weight is 478 g/mol. The van der Waals surface area contributed by atoms with Crippen molar-refractivity contribution in [3.63, 3.8) is 0 Å². The van der Waals surface area contributed by atoms with Crippen LogP contribution in [0.3, 0.4) is 0 Å². The number of hydrogen-bond donors (Lipinski definition) is 3.